The summed E-state index contributed by atoms with van der Waals surface area (Å²) < 4.78 is 8.50. The van der Waals surface area contributed by atoms with Crippen LogP contribution in [0.2, 0.25) is 0 Å². The molecule has 0 amide bonds. The average molecular weight is 869 g/mol. The van der Waals surface area contributed by atoms with Gasteiger partial charge in [0, 0.05) is 49.9 Å². The number of thiol groups is 4. The van der Waals surface area contributed by atoms with E-state index in [1.807, 2.05) is 24.3 Å². The average Bonchev–Trinajstić information content (AvgIpc) is 4.04. The van der Waals surface area contributed by atoms with Crippen molar-refractivity contribution in [1.82, 2.24) is 59.1 Å². The van der Waals surface area contributed by atoms with Gasteiger partial charge in [-0.3, -0.25) is 0 Å². The minimum Gasteiger partial charge on any atom is -0.306 e. The van der Waals surface area contributed by atoms with Crippen molar-refractivity contribution in [3.8, 4) is 0 Å². The Balaban J connectivity index is 1.19. The Morgan fingerprint density at radius 3 is 0.700 bits per heavy atom. The van der Waals surface area contributed by atoms with E-state index in [-0.39, 0.29) is 23.7 Å². The molecule has 1 fully saturated rings. The van der Waals surface area contributed by atoms with Crippen LogP contribution in [-0.2, 0) is 51.9 Å². The van der Waals surface area contributed by atoms with Crippen LogP contribution in [0.1, 0.15) is 69.2 Å². The van der Waals surface area contributed by atoms with Gasteiger partial charge in [0.15, 0.2) is 20.6 Å². The van der Waals surface area contributed by atoms with Crippen LogP contribution in [0.3, 0.4) is 0 Å². The predicted octanol–water partition coefficient (Wildman–Crippen LogP) is 7.63. The highest BCUT2D eigenvalue weighted by Gasteiger charge is 2.60. The summed E-state index contributed by atoms with van der Waals surface area (Å²) in [6.07, 6.45) is 3.07. The molecule has 1 aliphatic carbocycles. The van der Waals surface area contributed by atoms with Crippen molar-refractivity contribution < 1.29 is 0 Å². The van der Waals surface area contributed by atoms with Gasteiger partial charge in [-0.1, -0.05) is 121 Å². The van der Waals surface area contributed by atoms with E-state index in [0.717, 1.165) is 49.0 Å². The van der Waals surface area contributed by atoms with Crippen molar-refractivity contribution in [2.45, 2.75) is 96.2 Å². The van der Waals surface area contributed by atoms with Crippen molar-refractivity contribution in [1.29, 1.82) is 0 Å². The summed E-state index contributed by atoms with van der Waals surface area (Å²) in [5.74, 6) is 1.90. The van der Waals surface area contributed by atoms with Crippen LogP contribution in [0.15, 0.2) is 142 Å². The Hall–Kier alpha value is -5.16. The fourth-order valence-corrected chi connectivity index (χ4v) is 9.63. The van der Waals surface area contributed by atoms with E-state index < -0.39 is 0 Å². The van der Waals surface area contributed by atoms with Crippen LogP contribution in [-0.4, -0.2) is 59.1 Å². The van der Waals surface area contributed by atoms with Gasteiger partial charge in [0.1, 0.15) is 23.3 Å². The zero-order valence-electron chi connectivity index (χ0n) is 32.7. The van der Waals surface area contributed by atoms with E-state index in [9.17, 15) is 0 Å². The zero-order valence-corrected chi connectivity index (χ0v) is 36.2. The van der Waals surface area contributed by atoms with Crippen molar-refractivity contribution in [2.24, 2.45) is 0 Å². The molecule has 0 atom stereocenters. The molecule has 0 aliphatic heterocycles. The molecule has 4 heterocycles. The maximum atomic E-state index is 4.92. The Bertz CT molecular complexity index is 2270. The molecular weight excluding hydrogens is 825 g/mol. The van der Waals surface area contributed by atoms with Crippen molar-refractivity contribution >= 4 is 50.5 Å². The highest BCUT2D eigenvalue weighted by molar-refractivity contribution is 7.80. The molecule has 4 aromatic carbocycles. The number of nitrogens with zero attached hydrogens (tertiary/aromatic N) is 12. The van der Waals surface area contributed by atoms with Crippen LogP contribution >= 0.6 is 50.5 Å². The molecule has 304 valence electrons. The second-order valence-corrected chi connectivity index (χ2v) is 16.7. The van der Waals surface area contributed by atoms with Crippen LogP contribution < -0.4 is 0 Å². The maximum Gasteiger partial charge on any atom is 0.188 e. The minimum atomic E-state index is -0.304. The fraction of sp³-hybridized carbons (Fsp3) is 0.273. The van der Waals surface area contributed by atoms with E-state index in [1.54, 1.807) is 0 Å². The summed E-state index contributed by atoms with van der Waals surface area (Å²) in [6, 6.07) is 41.7. The third kappa shape index (κ3) is 8.29. The monoisotopic (exact) mass is 868 g/mol. The molecule has 1 aliphatic rings. The first-order valence-corrected chi connectivity index (χ1v) is 21.9. The first-order valence-electron chi connectivity index (χ1n) is 20.1. The molecule has 12 nitrogen and oxygen atoms in total. The lowest BCUT2D eigenvalue weighted by Crippen LogP contribution is -2.45. The van der Waals surface area contributed by atoms with Crippen molar-refractivity contribution in [2.75, 3.05) is 0 Å². The summed E-state index contributed by atoms with van der Waals surface area (Å²) in [5, 5.41) is 40.2. The minimum absolute atomic E-state index is 0.304. The second-order valence-electron chi connectivity index (χ2n) is 15.1. The number of hydrogen-bond acceptors (Lipinski definition) is 12. The molecule has 9 rings (SSSR count). The number of benzene rings is 4. The van der Waals surface area contributed by atoms with Gasteiger partial charge in [-0.15, -0.1) is 91.3 Å². The van der Waals surface area contributed by atoms with E-state index in [0.29, 0.717) is 46.8 Å². The first-order chi connectivity index (χ1) is 29.4. The normalized spacial score (nSPS) is 17.5. The second kappa shape index (κ2) is 18.2. The van der Waals surface area contributed by atoms with Gasteiger partial charge in [0.05, 0.1) is 0 Å². The van der Waals surface area contributed by atoms with Gasteiger partial charge in [0.2, 0.25) is 0 Å². The maximum absolute atomic E-state index is 4.92. The Morgan fingerprint density at radius 2 is 0.500 bits per heavy atom. The molecule has 0 saturated heterocycles. The Labute approximate surface area is 370 Å². The lowest BCUT2D eigenvalue weighted by molar-refractivity contribution is 0.173. The van der Waals surface area contributed by atoms with Crippen molar-refractivity contribution in [3.63, 3.8) is 0 Å². The summed E-state index contributed by atoms with van der Waals surface area (Å²) in [5.41, 5.74) is 4.83. The first kappa shape index (κ1) is 40.3. The number of aromatic nitrogens is 12. The van der Waals surface area contributed by atoms with Crippen LogP contribution in [0.25, 0.3) is 0 Å². The third-order valence-electron chi connectivity index (χ3n) is 11.6. The van der Waals surface area contributed by atoms with Gasteiger partial charge in [-0.2, -0.15) is 0 Å². The summed E-state index contributed by atoms with van der Waals surface area (Å²) in [6.45, 7) is 2.49. The van der Waals surface area contributed by atoms with E-state index in [4.69, 9.17) is 70.9 Å². The lowest BCUT2D eigenvalue weighted by Gasteiger charge is -2.49. The van der Waals surface area contributed by atoms with E-state index >= 15 is 0 Å². The summed E-state index contributed by atoms with van der Waals surface area (Å²) >= 11 is 19.6. The SMILES string of the molecule is Sc1nnc(C2C(c3nnc(S)n3CCc3ccccc3)C(c3nnc(S)n3CCc3ccccc3)C2c2nnc(S)n2CCc2ccccc2)n1CCc1ccccc1. The van der Waals surface area contributed by atoms with Crippen LogP contribution in [0.4, 0.5) is 0 Å². The lowest BCUT2D eigenvalue weighted by atomic mass is 9.54. The Kier molecular flexibility index (Phi) is 12.2. The van der Waals surface area contributed by atoms with Crippen LogP contribution in [0, 0.1) is 0 Å². The van der Waals surface area contributed by atoms with Gasteiger partial charge in [-0.05, 0) is 47.9 Å². The number of rotatable bonds is 16. The zero-order chi connectivity index (χ0) is 41.0. The smallest absolute Gasteiger partial charge is 0.188 e. The molecule has 0 unspecified atom stereocenters. The standard InChI is InChI=1S/C44H44N12S4/c57-41-49-45-37(53(41)25-21-29-13-5-1-6-14-29)33-34(38-46-50-42(58)54(38)26-22-30-15-7-2-8-16-30)36(40-48-52-44(60)56(40)28-24-32-19-11-4-12-20-32)35(33)39-47-51-43(59)55(39)27-23-31-17-9-3-10-18-31/h1-20,33-36H,21-28H2,(H,49,57)(H,50,58)(H,51,59)(H,52,60). The summed E-state index contributed by atoms with van der Waals surface area (Å²) in [4.78, 5) is 0. The molecule has 8 aromatic rings. The fourth-order valence-electron chi connectivity index (χ4n) is 8.65. The highest BCUT2D eigenvalue weighted by atomic mass is 32.1. The van der Waals surface area contributed by atoms with Gasteiger partial charge in [0.25, 0.3) is 0 Å². The van der Waals surface area contributed by atoms with Gasteiger partial charge < -0.3 is 18.3 Å². The molecule has 60 heavy (non-hydrogen) atoms. The molecule has 0 bridgehead atoms. The molecule has 16 heteroatoms. The van der Waals surface area contributed by atoms with E-state index in [1.165, 1.54) is 22.3 Å². The summed E-state index contributed by atoms with van der Waals surface area (Å²) in [7, 11) is 0. The quantitative estimate of drug-likeness (QED) is 0.0733. The third-order valence-corrected chi connectivity index (χ3v) is 13.0. The molecule has 0 N–H and O–H groups in total. The van der Waals surface area contributed by atoms with Crippen molar-refractivity contribution in [3.05, 3.63) is 167 Å². The van der Waals surface area contributed by atoms with Gasteiger partial charge in [-0.25, -0.2) is 0 Å². The highest BCUT2D eigenvalue weighted by Crippen LogP contribution is 2.65. The molecule has 4 aromatic heterocycles. The molecule has 1 saturated carbocycles. The largest absolute Gasteiger partial charge is 0.306 e. The predicted molar refractivity (Wildman–Crippen MR) is 241 cm³/mol. The van der Waals surface area contributed by atoms with Gasteiger partial charge >= 0.3 is 0 Å². The van der Waals surface area contributed by atoms with E-state index in [2.05, 4.69) is 136 Å². The van der Waals surface area contributed by atoms with Crippen LogP contribution in [0.5, 0.6) is 0 Å². The Morgan fingerprint density at radius 1 is 0.300 bits per heavy atom. The number of aryl methyl sites for hydroxylation is 4. The molecule has 0 radical (unpaired) electrons. The molecular formula is C44H44N12S4. The number of hydrogen-bond donors (Lipinski definition) is 4. The topological polar surface area (TPSA) is 123 Å². The molecule has 0 spiro atoms.